The lowest BCUT2D eigenvalue weighted by Gasteiger charge is -2.26. The third-order valence-electron chi connectivity index (χ3n) is 4.19. The number of carbonyl (C=O) groups is 1. The van der Waals surface area contributed by atoms with Gasteiger partial charge >= 0.3 is 0 Å². The summed E-state index contributed by atoms with van der Waals surface area (Å²) in [5.41, 5.74) is 4.06. The van der Waals surface area contributed by atoms with Gasteiger partial charge in [-0.25, -0.2) is 0 Å². The first-order valence-corrected chi connectivity index (χ1v) is 9.75. The summed E-state index contributed by atoms with van der Waals surface area (Å²) >= 11 is 15.9. The molecule has 1 amide bonds. The second-order valence-corrected chi connectivity index (χ2v) is 8.29. The zero-order chi connectivity index (χ0) is 16.8. The summed E-state index contributed by atoms with van der Waals surface area (Å²) in [5.74, 6) is -0.245. The van der Waals surface area contributed by atoms with Crippen LogP contribution in [0.5, 0.6) is 0 Å². The number of aromatic nitrogens is 1. The SMILES string of the molecule is O=C(CO)N1CCc2c(sc3c(Cl)c(Cl)cc(-c4cncs4)c23)C1. The van der Waals surface area contributed by atoms with Crippen LogP contribution < -0.4 is 0 Å². The van der Waals surface area contributed by atoms with Crippen LogP contribution in [0.4, 0.5) is 0 Å². The minimum absolute atomic E-state index is 0.245. The highest BCUT2D eigenvalue weighted by molar-refractivity contribution is 7.20. The molecule has 1 N–H and O–H groups in total. The van der Waals surface area contributed by atoms with E-state index >= 15 is 0 Å². The lowest BCUT2D eigenvalue weighted by Crippen LogP contribution is -2.37. The van der Waals surface area contributed by atoms with Gasteiger partial charge in [-0.15, -0.1) is 22.7 Å². The van der Waals surface area contributed by atoms with Crippen LogP contribution in [0.2, 0.25) is 10.0 Å². The Labute approximate surface area is 156 Å². The zero-order valence-electron chi connectivity index (χ0n) is 12.4. The van der Waals surface area contributed by atoms with Crippen molar-refractivity contribution in [1.82, 2.24) is 9.88 Å². The Balaban J connectivity index is 1.93. The summed E-state index contributed by atoms with van der Waals surface area (Å²) in [6.07, 6.45) is 2.57. The van der Waals surface area contributed by atoms with Crippen LogP contribution in [0.3, 0.4) is 0 Å². The second kappa shape index (κ2) is 6.28. The van der Waals surface area contributed by atoms with E-state index in [4.69, 9.17) is 28.3 Å². The summed E-state index contributed by atoms with van der Waals surface area (Å²) in [4.78, 5) is 19.8. The van der Waals surface area contributed by atoms with Crippen LogP contribution >= 0.6 is 45.9 Å². The maximum atomic E-state index is 11.8. The molecule has 3 aromatic rings. The van der Waals surface area contributed by atoms with E-state index in [9.17, 15) is 4.79 Å². The van der Waals surface area contributed by atoms with E-state index in [1.165, 1.54) is 5.56 Å². The van der Waals surface area contributed by atoms with Crippen LogP contribution in [0, 0.1) is 0 Å². The van der Waals surface area contributed by atoms with E-state index in [1.54, 1.807) is 33.1 Å². The summed E-state index contributed by atoms with van der Waals surface area (Å²) < 4.78 is 0.955. The Morgan fingerprint density at radius 2 is 2.25 bits per heavy atom. The predicted octanol–water partition coefficient (Wildman–Crippen LogP) is 4.21. The van der Waals surface area contributed by atoms with Crippen LogP contribution in [0.1, 0.15) is 10.4 Å². The molecule has 0 radical (unpaired) electrons. The second-order valence-electron chi connectivity index (χ2n) is 5.52. The molecule has 0 atom stereocenters. The van der Waals surface area contributed by atoms with E-state index in [2.05, 4.69) is 4.98 Å². The van der Waals surface area contributed by atoms with Crippen molar-refractivity contribution < 1.29 is 9.90 Å². The number of nitrogens with zero attached hydrogens (tertiary/aromatic N) is 2. The normalized spacial score (nSPS) is 14.2. The van der Waals surface area contributed by atoms with Gasteiger partial charge in [-0.3, -0.25) is 9.78 Å². The molecular weight excluding hydrogens is 387 g/mol. The fraction of sp³-hybridized carbons (Fsp3) is 0.250. The molecule has 0 saturated heterocycles. The Hall–Kier alpha value is -1.18. The van der Waals surface area contributed by atoms with Crippen molar-refractivity contribution in [1.29, 1.82) is 0 Å². The first kappa shape index (κ1) is 16.3. The van der Waals surface area contributed by atoms with Crippen molar-refractivity contribution in [2.75, 3.05) is 13.2 Å². The highest BCUT2D eigenvalue weighted by Crippen LogP contribution is 2.47. The molecule has 0 unspecified atom stereocenters. The van der Waals surface area contributed by atoms with Crippen molar-refractivity contribution >= 4 is 61.9 Å². The van der Waals surface area contributed by atoms with Gasteiger partial charge in [-0.1, -0.05) is 23.2 Å². The largest absolute Gasteiger partial charge is 0.387 e. The van der Waals surface area contributed by atoms with Gasteiger partial charge in [0.1, 0.15) is 6.61 Å². The molecule has 4 nitrogen and oxygen atoms in total. The van der Waals surface area contributed by atoms with Gasteiger partial charge in [0.05, 0.1) is 31.7 Å². The van der Waals surface area contributed by atoms with Crippen molar-refractivity contribution in [3.8, 4) is 10.4 Å². The third kappa shape index (κ3) is 2.53. The molecule has 0 fully saturated rings. The number of halogens is 2. The average Bonchev–Trinajstić information content (AvgIpc) is 3.24. The topological polar surface area (TPSA) is 53.4 Å². The number of hydrogen-bond donors (Lipinski definition) is 1. The number of thiazole rings is 1. The number of aliphatic hydroxyl groups excluding tert-OH is 1. The molecule has 2 aromatic heterocycles. The molecular formula is C16H12Cl2N2O2S2. The smallest absolute Gasteiger partial charge is 0.248 e. The standard InChI is InChI=1S/C16H12Cl2N2O2S2/c17-10-3-9(11-4-19-7-23-11)14-8-1-2-20(13(22)6-21)5-12(8)24-16(14)15(10)18/h3-4,7,21H,1-2,5-6H2. The van der Waals surface area contributed by atoms with E-state index in [1.807, 2.05) is 12.3 Å². The minimum Gasteiger partial charge on any atom is -0.387 e. The van der Waals surface area contributed by atoms with Crippen LogP contribution in [0.15, 0.2) is 17.8 Å². The van der Waals surface area contributed by atoms with Crippen LogP contribution in [-0.4, -0.2) is 34.0 Å². The minimum atomic E-state index is -0.459. The van der Waals surface area contributed by atoms with Crippen molar-refractivity contribution in [3.05, 3.63) is 38.3 Å². The molecule has 0 bridgehead atoms. The Morgan fingerprint density at radius 3 is 2.96 bits per heavy atom. The van der Waals surface area contributed by atoms with E-state index in [-0.39, 0.29) is 5.91 Å². The van der Waals surface area contributed by atoms with Crippen molar-refractivity contribution in [2.45, 2.75) is 13.0 Å². The molecule has 24 heavy (non-hydrogen) atoms. The number of benzene rings is 1. The number of fused-ring (bicyclic) bond motifs is 3. The molecule has 124 valence electrons. The van der Waals surface area contributed by atoms with Gasteiger partial charge in [0.2, 0.25) is 5.91 Å². The molecule has 4 rings (SSSR count). The number of rotatable bonds is 2. The average molecular weight is 399 g/mol. The molecule has 0 spiro atoms. The number of thiophene rings is 1. The molecule has 0 saturated carbocycles. The van der Waals surface area contributed by atoms with Gasteiger partial charge in [0.25, 0.3) is 0 Å². The summed E-state index contributed by atoms with van der Waals surface area (Å²) in [6, 6.07) is 1.90. The lowest BCUT2D eigenvalue weighted by atomic mass is 9.99. The lowest BCUT2D eigenvalue weighted by molar-refractivity contribution is -0.135. The van der Waals surface area contributed by atoms with Gasteiger partial charge < -0.3 is 10.0 Å². The maximum absolute atomic E-state index is 11.8. The molecule has 8 heteroatoms. The molecule has 0 aliphatic carbocycles. The van der Waals surface area contributed by atoms with E-state index in [0.29, 0.717) is 23.1 Å². The number of carbonyl (C=O) groups excluding carboxylic acids is 1. The van der Waals surface area contributed by atoms with Gasteiger partial charge in [0, 0.05) is 28.6 Å². The molecule has 1 aliphatic heterocycles. The summed E-state index contributed by atoms with van der Waals surface area (Å²) in [5, 5.41) is 11.3. The monoisotopic (exact) mass is 398 g/mol. The summed E-state index contributed by atoms with van der Waals surface area (Å²) in [7, 11) is 0. The van der Waals surface area contributed by atoms with E-state index in [0.717, 1.165) is 31.8 Å². The number of aliphatic hydroxyl groups is 1. The Morgan fingerprint density at radius 1 is 1.42 bits per heavy atom. The first-order chi connectivity index (χ1) is 11.6. The first-order valence-electron chi connectivity index (χ1n) is 7.30. The highest BCUT2D eigenvalue weighted by atomic mass is 35.5. The molecule has 3 heterocycles. The van der Waals surface area contributed by atoms with Gasteiger partial charge in [-0.2, -0.15) is 0 Å². The highest BCUT2D eigenvalue weighted by Gasteiger charge is 2.27. The van der Waals surface area contributed by atoms with Crippen LogP contribution in [0.25, 0.3) is 20.5 Å². The molecule has 1 aromatic carbocycles. The zero-order valence-corrected chi connectivity index (χ0v) is 15.5. The summed E-state index contributed by atoms with van der Waals surface area (Å²) in [6.45, 7) is 0.643. The van der Waals surface area contributed by atoms with E-state index < -0.39 is 6.61 Å². The Kier molecular flexibility index (Phi) is 4.26. The fourth-order valence-corrected chi connectivity index (χ4v) is 5.57. The number of hydrogen-bond acceptors (Lipinski definition) is 5. The predicted molar refractivity (Wildman–Crippen MR) is 99.2 cm³/mol. The Bertz CT molecular complexity index is 938. The van der Waals surface area contributed by atoms with Gasteiger partial charge in [0.15, 0.2) is 0 Å². The van der Waals surface area contributed by atoms with Crippen molar-refractivity contribution in [2.24, 2.45) is 0 Å². The quantitative estimate of drug-likeness (QED) is 0.703. The van der Waals surface area contributed by atoms with Crippen molar-refractivity contribution in [3.63, 3.8) is 0 Å². The third-order valence-corrected chi connectivity index (χ3v) is 7.13. The van der Waals surface area contributed by atoms with Gasteiger partial charge in [-0.05, 0) is 18.1 Å². The maximum Gasteiger partial charge on any atom is 0.248 e. The molecule has 1 aliphatic rings. The fourth-order valence-electron chi connectivity index (χ4n) is 3.07. The number of amides is 1. The van der Waals surface area contributed by atoms with Crippen LogP contribution in [-0.2, 0) is 17.8 Å².